The van der Waals surface area contributed by atoms with Crippen molar-refractivity contribution < 1.29 is 13.8 Å². The van der Waals surface area contributed by atoms with Crippen molar-refractivity contribution in [2.45, 2.75) is 13.1 Å². The highest BCUT2D eigenvalue weighted by molar-refractivity contribution is 5.95. The molecule has 8 nitrogen and oxygen atoms in total. The molecule has 0 aliphatic rings. The van der Waals surface area contributed by atoms with Gasteiger partial charge in [0.05, 0.1) is 6.54 Å². The number of carbonyl (C=O) groups is 1. The number of nitrogen functional groups attached to an aromatic ring is 1. The van der Waals surface area contributed by atoms with Crippen LogP contribution in [0.5, 0.6) is 0 Å². The first-order valence-electron chi connectivity index (χ1n) is 9.50. The van der Waals surface area contributed by atoms with E-state index in [-0.39, 0.29) is 17.3 Å². The summed E-state index contributed by atoms with van der Waals surface area (Å²) < 4.78 is 20.5. The Balaban J connectivity index is 1.38. The zero-order chi connectivity index (χ0) is 20.9. The Morgan fingerprint density at radius 1 is 1.07 bits per heavy atom. The number of halogens is 1. The summed E-state index contributed by atoms with van der Waals surface area (Å²) in [6.45, 7) is 1.99. The Morgan fingerprint density at radius 3 is 2.67 bits per heavy atom. The summed E-state index contributed by atoms with van der Waals surface area (Å²) >= 11 is 0. The lowest BCUT2D eigenvalue weighted by molar-refractivity contribution is 0.0944. The van der Waals surface area contributed by atoms with Crippen LogP contribution < -0.4 is 16.4 Å². The van der Waals surface area contributed by atoms with Gasteiger partial charge in [-0.1, -0.05) is 36.4 Å². The van der Waals surface area contributed by atoms with Crippen LogP contribution in [-0.2, 0) is 13.1 Å². The van der Waals surface area contributed by atoms with Gasteiger partial charge in [0.15, 0.2) is 0 Å². The van der Waals surface area contributed by atoms with Crippen LogP contribution in [0.4, 0.5) is 10.2 Å². The second-order valence-electron chi connectivity index (χ2n) is 6.82. The Kier molecular flexibility index (Phi) is 5.71. The third kappa shape index (κ3) is 4.15. The number of aromatic nitrogens is 3. The van der Waals surface area contributed by atoms with E-state index in [9.17, 15) is 9.18 Å². The van der Waals surface area contributed by atoms with Gasteiger partial charge in [0.1, 0.15) is 5.82 Å². The van der Waals surface area contributed by atoms with Gasteiger partial charge in [-0.05, 0) is 28.0 Å². The standard InChI is InChI=1S/C21H21FN6O2/c22-17-7-3-1-5-14(17)12-28-13-15(16-6-2-4-8-18(16)28)11-24-9-10-25-21(29)19-20(23)27-30-26-19/h1-8,13,24H,9-12H2,(H2,23,27)(H,25,29). The molecule has 0 saturated carbocycles. The number of para-hydroxylation sites is 1. The minimum Gasteiger partial charge on any atom is -0.379 e. The van der Waals surface area contributed by atoms with Crippen LogP contribution in [-0.4, -0.2) is 33.9 Å². The second kappa shape index (κ2) is 8.75. The molecule has 1 amide bonds. The van der Waals surface area contributed by atoms with Crippen LogP contribution in [0.15, 0.2) is 59.4 Å². The van der Waals surface area contributed by atoms with Gasteiger partial charge in [-0.3, -0.25) is 4.79 Å². The summed E-state index contributed by atoms with van der Waals surface area (Å²) in [5, 5.41) is 14.0. The molecule has 30 heavy (non-hydrogen) atoms. The first kappa shape index (κ1) is 19.6. The topological polar surface area (TPSA) is 111 Å². The summed E-state index contributed by atoms with van der Waals surface area (Å²) in [5.74, 6) is -0.686. The summed E-state index contributed by atoms with van der Waals surface area (Å²) in [6.07, 6.45) is 2.03. The van der Waals surface area contributed by atoms with Gasteiger partial charge < -0.3 is 20.9 Å². The number of hydrogen-bond acceptors (Lipinski definition) is 6. The summed E-state index contributed by atoms with van der Waals surface area (Å²) in [5.41, 5.74) is 8.25. The van der Waals surface area contributed by atoms with E-state index in [0.29, 0.717) is 31.7 Å². The highest BCUT2D eigenvalue weighted by Crippen LogP contribution is 2.23. The van der Waals surface area contributed by atoms with Gasteiger partial charge in [-0.25, -0.2) is 9.02 Å². The van der Waals surface area contributed by atoms with Crippen molar-refractivity contribution in [2.24, 2.45) is 0 Å². The fourth-order valence-corrected chi connectivity index (χ4v) is 3.33. The maximum atomic E-state index is 14.1. The van der Waals surface area contributed by atoms with Crippen LogP contribution >= 0.6 is 0 Å². The number of hydrogen-bond donors (Lipinski definition) is 3. The lowest BCUT2D eigenvalue weighted by Gasteiger charge is -2.06. The van der Waals surface area contributed by atoms with Gasteiger partial charge in [0.25, 0.3) is 5.91 Å². The largest absolute Gasteiger partial charge is 0.379 e. The number of nitrogens with two attached hydrogens (primary N) is 1. The van der Waals surface area contributed by atoms with E-state index in [4.69, 9.17) is 5.73 Å². The number of carbonyl (C=O) groups excluding carboxylic acids is 1. The zero-order valence-corrected chi connectivity index (χ0v) is 16.1. The molecule has 0 saturated heterocycles. The normalized spacial score (nSPS) is 11.1. The van der Waals surface area contributed by atoms with E-state index in [2.05, 4.69) is 25.6 Å². The van der Waals surface area contributed by atoms with E-state index in [1.54, 1.807) is 12.1 Å². The van der Waals surface area contributed by atoms with Gasteiger partial charge in [-0.15, -0.1) is 0 Å². The minimum absolute atomic E-state index is 0.0220. The molecular formula is C21H21FN6O2. The van der Waals surface area contributed by atoms with Crippen molar-refractivity contribution in [3.05, 3.63) is 77.4 Å². The van der Waals surface area contributed by atoms with Crippen molar-refractivity contribution in [3.8, 4) is 0 Å². The Labute approximate surface area is 171 Å². The highest BCUT2D eigenvalue weighted by atomic mass is 19.1. The first-order chi connectivity index (χ1) is 14.6. The summed E-state index contributed by atoms with van der Waals surface area (Å²) in [6, 6.07) is 14.8. The molecule has 0 spiro atoms. The van der Waals surface area contributed by atoms with Crippen molar-refractivity contribution in [1.29, 1.82) is 0 Å². The predicted octanol–water partition coefficient (Wildman–Crippen LogP) is 2.31. The summed E-state index contributed by atoms with van der Waals surface area (Å²) in [7, 11) is 0. The van der Waals surface area contributed by atoms with Gasteiger partial charge in [0.2, 0.25) is 11.5 Å². The Bertz CT molecular complexity index is 1170. The molecule has 0 aliphatic carbocycles. The number of amides is 1. The SMILES string of the molecule is Nc1nonc1C(=O)NCCNCc1cn(Cc2ccccc2F)c2ccccc12. The van der Waals surface area contributed by atoms with Gasteiger partial charge >= 0.3 is 0 Å². The van der Waals surface area contributed by atoms with Crippen molar-refractivity contribution >= 4 is 22.6 Å². The molecule has 2 heterocycles. The van der Waals surface area contributed by atoms with Crippen LogP contribution in [0.25, 0.3) is 10.9 Å². The summed E-state index contributed by atoms with van der Waals surface area (Å²) in [4.78, 5) is 11.9. The molecule has 154 valence electrons. The lowest BCUT2D eigenvalue weighted by Crippen LogP contribution is -2.32. The van der Waals surface area contributed by atoms with E-state index in [0.717, 1.165) is 16.5 Å². The van der Waals surface area contributed by atoms with Crippen molar-refractivity contribution in [2.75, 3.05) is 18.8 Å². The molecule has 0 unspecified atom stereocenters. The van der Waals surface area contributed by atoms with Gasteiger partial charge in [0, 0.05) is 42.3 Å². The third-order valence-electron chi connectivity index (χ3n) is 4.80. The smallest absolute Gasteiger partial charge is 0.277 e. The molecule has 4 rings (SSSR count). The second-order valence-corrected chi connectivity index (χ2v) is 6.82. The number of rotatable bonds is 8. The highest BCUT2D eigenvalue weighted by Gasteiger charge is 2.15. The zero-order valence-electron chi connectivity index (χ0n) is 16.1. The van der Waals surface area contributed by atoms with Crippen LogP contribution in [0.2, 0.25) is 0 Å². The van der Waals surface area contributed by atoms with E-state index in [1.807, 2.05) is 41.1 Å². The molecule has 0 radical (unpaired) electrons. The lowest BCUT2D eigenvalue weighted by atomic mass is 10.2. The molecule has 4 aromatic rings. The molecule has 0 atom stereocenters. The first-order valence-corrected chi connectivity index (χ1v) is 9.50. The fraction of sp³-hybridized carbons (Fsp3) is 0.190. The Hall–Kier alpha value is -3.72. The molecule has 0 fully saturated rings. The molecular weight excluding hydrogens is 387 g/mol. The van der Waals surface area contributed by atoms with E-state index in [1.165, 1.54) is 6.07 Å². The minimum atomic E-state index is -0.433. The number of nitrogens with one attached hydrogen (secondary N) is 2. The fourth-order valence-electron chi connectivity index (χ4n) is 3.33. The van der Waals surface area contributed by atoms with Crippen molar-refractivity contribution in [1.82, 2.24) is 25.5 Å². The number of fused-ring (bicyclic) bond motifs is 1. The quantitative estimate of drug-likeness (QED) is 0.386. The maximum Gasteiger partial charge on any atom is 0.277 e. The molecule has 2 aromatic heterocycles. The third-order valence-corrected chi connectivity index (χ3v) is 4.80. The number of anilines is 1. The molecule has 4 N–H and O–H groups in total. The van der Waals surface area contributed by atoms with Crippen molar-refractivity contribution in [3.63, 3.8) is 0 Å². The van der Waals surface area contributed by atoms with Gasteiger partial charge in [-0.2, -0.15) is 0 Å². The number of nitrogens with zero attached hydrogens (tertiary/aromatic N) is 3. The number of benzene rings is 2. The Morgan fingerprint density at radius 2 is 1.87 bits per heavy atom. The molecule has 2 aromatic carbocycles. The molecule has 0 aliphatic heterocycles. The maximum absolute atomic E-state index is 14.1. The monoisotopic (exact) mass is 408 g/mol. The van der Waals surface area contributed by atoms with E-state index < -0.39 is 5.91 Å². The van der Waals surface area contributed by atoms with Crippen LogP contribution in [0.3, 0.4) is 0 Å². The van der Waals surface area contributed by atoms with Crippen LogP contribution in [0.1, 0.15) is 21.6 Å². The predicted molar refractivity (Wildman–Crippen MR) is 110 cm³/mol. The average molecular weight is 408 g/mol. The molecule has 9 heteroatoms. The average Bonchev–Trinajstić information content (AvgIpc) is 3.33. The molecule has 0 bridgehead atoms. The van der Waals surface area contributed by atoms with E-state index >= 15 is 0 Å². The van der Waals surface area contributed by atoms with Crippen LogP contribution in [0, 0.1) is 5.82 Å².